The van der Waals surface area contributed by atoms with Gasteiger partial charge in [-0.15, -0.1) is 11.3 Å². The van der Waals surface area contributed by atoms with E-state index in [2.05, 4.69) is 11.9 Å². The van der Waals surface area contributed by atoms with E-state index >= 15 is 0 Å². The third kappa shape index (κ3) is 2.91. The first-order valence-electron chi connectivity index (χ1n) is 6.65. The minimum Gasteiger partial charge on any atom is -0.384 e. The Morgan fingerprint density at radius 3 is 2.76 bits per heavy atom. The maximum absolute atomic E-state index is 6.10. The first-order chi connectivity index (χ1) is 10.2. The maximum Gasteiger partial charge on any atom is 0.123 e. The highest BCUT2D eigenvalue weighted by Gasteiger charge is 2.14. The quantitative estimate of drug-likeness (QED) is 0.764. The fraction of sp³-hybridized carbons (Fsp3) is 0.125. The molecule has 0 spiro atoms. The molecule has 5 heteroatoms. The number of nitrogens with zero attached hydrogens (tertiary/aromatic N) is 2. The van der Waals surface area contributed by atoms with Crippen molar-refractivity contribution in [3.8, 4) is 21.7 Å². The topological polar surface area (TPSA) is 51.8 Å². The van der Waals surface area contributed by atoms with Gasteiger partial charge in [0.05, 0.1) is 15.6 Å². The molecule has 106 valence electrons. The van der Waals surface area contributed by atoms with Crippen molar-refractivity contribution in [1.82, 2.24) is 9.97 Å². The van der Waals surface area contributed by atoms with Crippen LogP contribution in [0.15, 0.2) is 42.6 Å². The van der Waals surface area contributed by atoms with E-state index < -0.39 is 0 Å². The molecule has 0 radical (unpaired) electrons. The van der Waals surface area contributed by atoms with Crippen LogP contribution in [0.3, 0.4) is 0 Å². The monoisotopic (exact) mass is 315 g/mol. The van der Waals surface area contributed by atoms with Crippen LogP contribution in [0.25, 0.3) is 21.7 Å². The molecule has 1 aromatic carbocycles. The van der Waals surface area contributed by atoms with E-state index in [0.717, 1.165) is 33.1 Å². The highest BCUT2D eigenvalue weighted by atomic mass is 35.5. The predicted molar refractivity (Wildman–Crippen MR) is 89.6 cm³/mol. The molecule has 0 saturated heterocycles. The summed E-state index contributed by atoms with van der Waals surface area (Å²) in [6, 6.07) is 11.6. The zero-order valence-electron chi connectivity index (χ0n) is 11.5. The number of benzene rings is 1. The van der Waals surface area contributed by atoms with E-state index in [9.17, 15) is 0 Å². The normalized spacial score (nSPS) is 10.8. The van der Waals surface area contributed by atoms with Crippen LogP contribution in [0.2, 0.25) is 5.02 Å². The fourth-order valence-corrected chi connectivity index (χ4v) is 3.34. The number of nitrogen functional groups attached to an aromatic ring is 1. The molecule has 2 aromatic heterocycles. The standard InChI is InChI=1S/C16H14ClN3S/c1-2-14-20-15(10-4-3-5-12(17)8-10)16(21-14)11-6-7-19-13(18)9-11/h3-9H,2H2,1H3,(H2,18,19). The van der Waals surface area contributed by atoms with Gasteiger partial charge < -0.3 is 5.73 Å². The molecular formula is C16H14ClN3S. The van der Waals surface area contributed by atoms with Gasteiger partial charge in [0.15, 0.2) is 0 Å². The van der Waals surface area contributed by atoms with Crippen LogP contribution >= 0.6 is 22.9 Å². The lowest BCUT2D eigenvalue weighted by Gasteiger charge is -2.04. The van der Waals surface area contributed by atoms with Gasteiger partial charge in [-0.2, -0.15) is 0 Å². The molecule has 3 rings (SSSR count). The number of aryl methyl sites for hydroxylation is 1. The van der Waals surface area contributed by atoms with Crippen molar-refractivity contribution in [2.75, 3.05) is 5.73 Å². The molecule has 0 bridgehead atoms. The van der Waals surface area contributed by atoms with Crippen molar-refractivity contribution in [3.63, 3.8) is 0 Å². The van der Waals surface area contributed by atoms with Gasteiger partial charge in [0.25, 0.3) is 0 Å². The second-order valence-corrected chi connectivity index (χ2v) is 6.14. The van der Waals surface area contributed by atoms with Crippen LogP contribution in [-0.2, 0) is 6.42 Å². The van der Waals surface area contributed by atoms with E-state index in [1.165, 1.54) is 0 Å². The Hall–Kier alpha value is -1.91. The molecule has 2 N–H and O–H groups in total. The van der Waals surface area contributed by atoms with Crippen molar-refractivity contribution in [3.05, 3.63) is 52.6 Å². The van der Waals surface area contributed by atoms with E-state index in [1.807, 2.05) is 36.4 Å². The van der Waals surface area contributed by atoms with Crippen molar-refractivity contribution in [1.29, 1.82) is 0 Å². The molecule has 0 fully saturated rings. The molecule has 0 atom stereocenters. The van der Waals surface area contributed by atoms with E-state index in [-0.39, 0.29) is 0 Å². The molecule has 3 aromatic rings. The van der Waals surface area contributed by atoms with Gasteiger partial charge in [0, 0.05) is 16.8 Å². The Labute approximate surface area is 132 Å². The van der Waals surface area contributed by atoms with Gasteiger partial charge in [0.2, 0.25) is 0 Å². The first kappa shape index (κ1) is 14.0. The average molecular weight is 316 g/mol. The van der Waals surface area contributed by atoms with E-state index in [4.69, 9.17) is 22.3 Å². The molecule has 3 nitrogen and oxygen atoms in total. The van der Waals surface area contributed by atoms with Crippen LogP contribution in [0, 0.1) is 0 Å². The summed E-state index contributed by atoms with van der Waals surface area (Å²) in [5.41, 5.74) is 8.80. The Morgan fingerprint density at radius 1 is 1.19 bits per heavy atom. The third-order valence-electron chi connectivity index (χ3n) is 3.12. The molecule has 0 aliphatic heterocycles. The molecule has 0 saturated carbocycles. The molecular weight excluding hydrogens is 302 g/mol. The summed E-state index contributed by atoms with van der Waals surface area (Å²) in [7, 11) is 0. The van der Waals surface area contributed by atoms with Gasteiger partial charge in [0.1, 0.15) is 5.82 Å². The highest BCUT2D eigenvalue weighted by Crippen LogP contribution is 2.37. The SMILES string of the molecule is CCc1nc(-c2cccc(Cl)c2)c(-c2ccnc(N)c2)s1. The average Bonchev–Trinajstić information content (AvgIpc) is 2.91. The first-order valence-corrected chi connectivity index (χ1v) is 7.84. The summed E-state index contributed by atoms with van der Waals surface area (Å²) >= 11 is 7.79. The van der Waals surface area contributed by atoms with E-state index in [0.29, 0.717) is 10.8 Å². The summed E-state index contributed by atoms with van der Waals surface area (Å²) in [4.78, 5) is 9.89. The smallest absolute Gasteiger partial charge is 0.123 e. The number of anilines is 1. The van der Waals surface area contributed by atoms with Gasteiger partial charge in [-0.25, -0.2) is 9.97 Å². The number of halogens is 1. The minimum atomic E-state index is 0.510. The molecule has 2 heterocycles. The summed E-state index contributed by atoms with van der Waals surface area (Å²) in [6.45, 7) is 2.10. The summed E-state index contributed by atoms with van der Waals surface area (Å²) in [6.07, 6.45) is 2.62. The number of aromatic nitrogens is 2. The van der Waals surface area contributed by atoms with Crippen molar-refractivity contribution in [2.45, 2.75) is 13.3 Å². The van der Waals surface area contributed by atoms with Gasteiger partial charge in [-0.3, -0.25) is 0 Å². The fourth-order valence-electron chi connectivity index (χ4n) is 2.13. The van der Waals surface area contributed by atoms with Gasteiger partial charge in [-0.05, 0) is 36.2 Å². The number of pyridine rings is 1. The van der Waals surface area contributed by atoms with Crippen LogP contribution in [0.5, 0.6) is 0 Å². The lowest BCUT2D eigenvalue weighted by atomic mass is 10.1. The third-order valence-corrected chi connectivity index (χ3v) is 4.60. The Bertz CT molecular complexity index is 720. The number of nitrogens with two attached hydrogens (primary N) is 1. The van der Waals surface area contributed by atoms with Crippen molar-refractivity contribution in [2.24, 2.45) is 0 Å². The van der Waals surface area contributed by atoms with E-state index in [1.54, 1.807) is 17.5 Å². The Morgan fingerprint density at radius 2 is 2.05 bits per heavy atom. The minimum absolute atomic E-state index is 0.510. The van der Waals surface area contributed by atoms with Crippen LogP contribution in [0.1, 0.15) is 11.9 Å². The molecule has 0 aliphatic rings. The zero-order valence-corrected chi connectivity index (χ0v) is 13.1. The second kappa shape index (κ2) is 5.84. The summed E-state index contributed by atoms with van der Waals surface area (Å²) in [5.74, 6) is 0.510. The molecule has 0 unspecified atom stereocenters. The number of hydrogen-bond acceptors (Lipinski definition) is 4. The number of rotatable bonds is 3. The van der Waals surface area contributed by atoms with Crippen LogP contribution < -0.4 is 5.73 Å². The lowest BCUT2D eigenvalue weighted by molar-refractivity contribution is 1.10. The van der Waals surface area contributed by atoms with Crippen LogP contribution in [0.4, 0.5) is 5.82 Å². The molecule has 21 heavy (non-hydrogen) atoms. The largest absolute Gasteiger partial charge is 0.384 e. The van der Waals surface area contributed by atoms with Gasteiger partial charge in [-0.1, -0.05) is 30.7 Å². The van der Waals surface area contributed by atoms with Crippen molar-refractivity contribution >= 4 is 28.8 Å². The summed E-state index contributed by atoms with van der Waals surface area (Å²) in [5, 5.41) is 1.80. The number of hydrogen-bond donors (Lipinski definition) is 1. The lowest BCUT2D eigenvalue weighted by Crippen LogP contribution is -1.89. The maximum atomic E-state index is 6.10. The summed E-state index contributed by atoms with van der Waals surface area (Å²) < 4.78 is 0. The Kier molecular flexibility index (Phi) is 3.90. The Balaban J connectivity index is 2.18. The zero-order chi connectivity index (χ0) is 14.8. The second-order valence-electron chi connectivity index (χ2n) is 4.62. The predicted octanol–water partition coefficient (Wildman–Crippen LogP) is 4.67. The number of thiazole rings is 1. The molecule has 0 aliphatic carbocycles. The van der Waals surface area contributed by atoms with Gasteiger partial charge >= 0.3 is 0 Å². The van der Waals surface area contributed by atoms with Crippen molar-refractivity contribution < 1.29 is 0 Å². The highest BCUT2D eigenvalue weighted by molar-refractivity contribution is 7.15. The molecule has 0 amide bonds. The van der Waals surface area contributed by atoms with Crippen LogP contribution in [-0.4, -0.2) is 9.97 Å².